The van der Waals surface area contributed by atoms with Crippen LogP contribution >= 0.6 is 11.6 Å². The molecule has 0 unspecified atom stereocenters. The van der Waals surface area contributed by atoms with Crippen LogP contribution in [-0.2, 0) is 17.8 Å². The van der Waals surface area contributed by atoms with Crippen molar-refractivity contribution in [2.75, 3.05) is 10.6 Å². The van der Waals surface area contributed by atoms with Crippen molar-refractivity contribution in [2.45, 2.75) is 32.9 Å². The van der Waals surface area contributed by atoms with Gasteiger partial charge in [-0.05, 0) is 60.9 Å². The van der Waals surface area contributed by atoms with Gasteiger partial charge in [-0.25, -0.2) is 4.98 Å². The minimum Gasteiger partial charge on any atom is -0.324 e. The summed E-state index contributed by atoms with van der Waals surface area (Å²) in [4.78, 5) is 44.0. The Hall–Kier alpha value is -3.71. The number of benzene rings is 2. The van der Waals surface area contributed by atoms with E-state index in [4.69, 9.17) is 11.6 Å². The molecule has 4 rings (SSSR count). The van der Waals surface area contributed by atoms with Gasteiger partial charge in [-0.1, -0.05) is 36.7 Å². The number of hydrogen-bond acceptors (Lipinski definition) is 4. The highest BCUT2D eigenvalue weighted by Gasteiger charge is 2.32. The molecule has 0 spiro atoms. The number of carbonyl (C=O) groups excluding carboxylic acids is 3. The third-order valence-electron chi connectivity index (χ3n) is 5.62. The number of halogens is 1. The van der Waals surface area contributed by atoms with Crippen LogP contribution in [0.5, 0.6) is 0 Å². The third-order valence-corrected chi connectivity index (χ3v) is 5.86. The Balaban J connectivity index is 1.49. The fraction of sp³-hybridized carbons (Fsp3) is 0.200. The second kappa shape index (κ2) is 9.42. The summed E-state index contributed by atoms with van der Waals surface area (Å²) >= 11 is 6.02. The van der Waals surface area contributed by atoms with Crippen LogP contribution in [0, 0.1) is 0 Å². The highest BCUT2D eigenvalue weighted by Crippen LogP contribution is 2.27. The zero-order valence-electron chi connectivity index (χ0n) is 18.3. The average Bonchev–Trinajstić information content (AvgIpc) is 2.90. The van der Waals surface area contributed by atoms with Gasteiger partial charge in [0.25, 0.3) is 11.8 Å². The molecule has 0 fully saturated rings. The molecule has 0 aliphatic carbocycles. The predicted molar refractivity (Wildman–Crippen MR) is 127 cm³/mol. The Labute approximate surface area is 196 Å². The lowest BCUT2D eigenvalue weighted by atomic mass is 10.1. The predicted octanol–water partition coefficient (Wildman–Crippen LogP) is 4.53. The van der Waals surface area contributed by atoms with E-state index in [1.165, 1.54) is 4.90 Å². The van der Waals surface area contributed by atoms with Crippen LogP contribution in [0.1, 0.15) is 45.7 Å². The summed E-state index contributed by atoms with van der Waals surface area (Å²) in [7, 11) is 0. The van der Waals surface area contributed by atoms with Crippen LogP contribution in [-0.4, -0.2) is 33.6 Å². The maximum Gasteiger partial charge on any atom is 0.256 e. The van der Waals surface area contributed by atoms with Crippen molar-refractivity contribution in [3.63, 3.8) is 0 Å². The van der Waals surface area contributed by atoms with Crippen LogP contribution in [0.4, 0.5) is 11.5 Å². The molecule has 0 bridgehead atoms. The second-order valence-corrected chi connectivity index (χ2v) is 8.28. The molecule has 1 aromatic heterocycles. The van der Waals surface area contributed by atoms with Crippen molar-refractivity contribution >= 4 is 40.8 Å². The Bertz CT molecular complexity index is 1210. The van der Waals surface area contributed by atoms with Gasteiger partial charge in [0, 0.05) is 23.3 Å². The molecule has 168 valence electrons. The maximum absolute atomic E-state index is 13.2. The number of aromatic nitrogens is 1. The number of anilines is 2. The van der Waals surface area contributed by atoms with Gasteiger partial charge in [-0.3, -0.25) is 14.4 Å². The summed E-state index contributed by atoms with van der Waals surface area (Å²) in [5, 5.41) is 5.98. The number of nitrogens with zero attached hydrogens (tertiary/aromatic N) is 2. The van der Waals surface area contributed by atoms with Gasteiger partial charge in [0.15, 0.2) is 0 Å². The van der Waals surface area contributed by atoms with Gasteiger partial charge in [-0.15, -0.1) is 0 Å². The van der Waals surface area contributed by atoms with Gasteiger partial charge in [0.1, 0.15) is 11.9 Å². The molecule has 1 atom stereocenters. The van der Waals surface area contributed by atoms with Crippen LogP contribution in [0.3, 0.4) is 0 Å². The molecule has 7 nitrogen and oxygen atoms in total. The summed E-state index contributed by atoms with van der Waals surface area (Å²) in [5.41, 5.74) is 3.14. The Morgan fingerprint density at radius 1 is 1.09 bits per heavy atom. The monoisotopic (exact) mass is 462 g/mol. The lowest BCUT2D eigenvalue weighted by molar-refractivity contribution is -0.120. The fourth-order valence-corrected chi connectivity index (χ4v) is 3.75. The molecule has 33 heavy (non-hydrogen) atoms. The highest BCUT2D eigenvalue weighted by atomic mass is 35.5. The van der Waals surface area contributed by atoms with E-state index in [9.17, 15) is 14.4 Å². The molecular formula is C25H23ClN4O3. The first-order valence-corrected chi connectivity index (χ1v) is 11.0. The number of amides is 3. The lowest BCUT2D eigenvalue weighted by Gasteiger charge is -2.26. The molecule has 8 heteroatoms. The minimum absolute atomic E-state index is 0.220. The fourth-order valence-electron chi connectivity index (χ4n) is 3.58. The van der Waals surface area contributed by atoms with Crippen LogP contribution in [0.2, 0.25) is 5.02 Å². The number of hydrogen-bond donors (Lipinski definition) is 2. The van der Waals surface area contributed by atoms with Crippen molar-refractivity contribution in [2.24, 2.45) is 0 Å². The third kappa shape index (κ3) is 4.88. The number of pyridine rings is 1. The van der Waals surface area contributed by atoms with Gasteiger partial charge in [0.05, 0.1) is 11.3 Å². The summed E-state index contributed by atoms with van der Waals surface area (Å²) < 4.78 is 0. The quantitative estimate of drug-likeness (QED) is 0.582. The molecule has 2 N–H and O–H groups in total. The zero-order chi connectivity index (χ0) is 23.5. The van der Waals surface area contributed by atoms with Gasteiger partial charge >= 0.3 is 0 Å². The number of carbonyl (C=O) groups is 3. The first-order valence-electron chi connectivity index (χ1n) is 10.6. The highest BCUT2D eigenvalue weighted by molar-refractivity contribution is 6.31. The van der Waals surface area contributed by atoms with E-state index in [-0.39, 0.29) is 24.3 Å². The van der Waals surface area contributed by atoms with E-state index in [1.807, 2.05) is 13.0 Å². The smallest absolute Gasteiger partial charge is 0.256 e. The summed E-state index contributed by atoms with van der Waals surface area (Å²) in [6, 6.07) is 14.7. The molecule has 1 aliphatic heterocycles. The van der Waals surface area contributed by atoms with Gasteiger partial charge in [0.2, 0.25) is 5.91 Å². The Morgan fingerprint density at radius 2 is 1.82 bits per heavy atom. The van der Waals surface area contributed by atoms with Crippen LogP contribution < -0.4 is 10.6 Å². The number of nitrogens with one attached hydrogen (secondary N) is 2. The van der Waals surface area contributed by atoms with E-state index < -0.39 is 6.04 Å². The van der Waals surface area contributed by atoms with E-state index in [0.717, 1.165) is 17.5 Å². The Kier molecular flexibility index (Phi) is 6.42. The van der Waals surface area contributed by atoms with Crippen molar-refractivity contribution in [3.05, 3.63) is 88.1 Å². The second-order valence-electron chi connectivity index (χ2n) is 7.84. The zero-order valence-corrected chi connectivity index (χ0v) is 19.0. The number of fused-ring (bicyclic) bond motifs is 1. The van der Waals surface area contributed by atoms with Crippen molar-refractivity contribution < 1.29 is 14.4 Å². The summed E-state index contributed by atoms with van der Waals surface area (Å²) in [5.74, 6) is -0.351. The standard InChI is InChI=1S/C25H23ClN4O3/c1-3-16-6-11-22(27-13-16)29-24(32)18-7-4-17(5-8-18)14-30-15(2)23(31)28-21-12-19(26)9-10-20(21)25(30)33/h4-13,15H,3,14H2,1-2H3,(H,28,31)(H,27,29,32)/t15-/m1/s1. The summed E-state index contributed by atoms with van der Waals surface area (Å²) in [6.45, 7) is 3.94. The van der Waals surface area contributed by atoms with Crippen LogP contribution in [0.15, 0.2) is 60.8 Å². The SMILES string of the molecule is CCc1ccc(NC(=O)c2ccc(CN3C(=O)c4ccc(Cl)cc4NC(=O)[C@H]3C)cc2)nc1. The van der Waals surface area contributed by atoms with E-state index in [1.54, 1.807) is 61.7 Å². The first kappa shape index (κ1) is 22.5. The average molecular weight is 463 g/mol. The molecule has 3 amide bonds. The topological polar surface area (TPSA) is 91.4 Å². The van der Waals surface area contributed by atoms with Crippen LogP contribution in [0.25, 0.3) is 0 Å². The largest absolute Gasteiger partial charge is 0.324 e. The van der Waals surface area contributed by atoms with E-state index in [2.05, 4.69) is 15.6 Å². The normalized spacial score (nSPS) is 15.5. The van der Waals surface area contributed by atoms with E-state index >= 15 is 0 Å². The van der Waals surface area contributed by atoms with Gasteiger partial charge < -0.3 is 15.5 Å². The first-order chi connectivity index (χ1) is 15.9. The minimum atomic E-state index is -0.677. The Morgan fingerprint density at radius 3 is 2.48 bits per heavy atom. The lowest BCUT2D eigenvalue weighted by Crippen LogP contribution is -2.42. The molecule has 2 aromatic carbocycles. The summed E-state index contributed by atoms with van der Waals surface area (Å²) in [6.07, 6.45) is 2.61. The molecule has 0 saturated carbocycles. The molecule has 3 aromatic rings. The molecule has 2 heterocycles. The maximum atomic E-state index is 13.2. The van der Waals surface area contributed by atoms with E-state index in [0.29, 0.717) is 27.7 Å². The molecular weight excluding hydrogens is 440 g/mol. The number of aryl methyl sites for hydroxylation is 1. The van der Waals surface area contributed by atoms with Crippen molar-refractivity contribution in [1.82, 2.24) is 9.88 Å². The van der Waals surface area contributed by atoms with Crippen molar-refractivity contribution in [3.8, 4) is 0 Å². The molecule has 0 saturated heterocycles. The van der Waals surface area contributed by atoms with Crippen molar-refractivity contribution in [1.29, 1.82) is 0 Å². The molecule has 1 aliphatic rings. The number of rotatable bonds is 5. The van der Waals surface area contributed by atoms with Gasteiger partial charge in [-0.2, -0.15) is 0 Å². The molecule has 0 radical (unpaired) electrons.